The number of halogens is 3. The first-order valence-electron chi connectivity index (χ1n) is 4.07. The lowest BCUT2D eigenvalue weighted by Gasteiger charge is -2.06. The highest BCUT2D eigenvalue weighted by atomic mass is 32.2. The Labute approximate surface area is 84.8 Å². The highest BCUT2D eigenvalue weighted by Crippen LogP contribution is 2.29. The fraction of sp³-hybridized carbons (Fsp3) is 0.857. The smallest absolute Gasteiger partial charge is 0.359 e. The lowest BCUT2D eigenvalue weighted by molar-refractivity contribution is -0.120. The van der Waals surface area contributed by atoms with Crippen molar-refractivity contribution in [1.29, 1.82) is 0 Å². The Hall–Kier alpha value is -0.430. The first kappa shape index (κ1) is 13.6. The summed E-state index contributed by atoms with van der Waals surface area (Å²) in [4.78, 5) is 10.7. The quantitative estimate of drug-likeness (QED) is 0.668. The monoisotopic (exact) mass is 230 g/mol. The second-order valence-electron chi connectivity index (χ2n) is 2.47. The van der Waals surface area contributed by atoms with E-state index in [2.05, 4.69) is 10.6 Å². The van der Waals surface area contributed by atoms with Gasteiger partial charge in [-0.1, -0.05) is 0 Å². The second kappa shape index (κ2) is 6.94. The molecule has 14 heavy (non-hydrogen) atoms. The maximum absolute atomic E-state index is 11.6. The summed E-state index contributed by atoms with van der Waals surface area (Å²) in [6, 6.07) is 0. The number of alkyl halides is 3. The van der Waals surface area contributed by atoms with Crippen molar-refractivity contribution in [2.75, 3.05) is 25.9 Å². The van der Waals surface area contributed by atoms with E-state index >= 15 is 0 Å². The van der Waals surface area contributed by atoms with Gasteiger partial charge in [0, 0.05) is 32.3 Å². The summed E-state index contributed by atoms with van der Waals surface area (Å²) in [6.07, 6.45) is 0.285. The molecule has 0 fully saturated rings. The summed E-state index contributed by atoms with van der Waals surface area (Å²) in [5.41, 5.74) is -4.16. The molecule has 0 heterocycles. The molecule has 0 saturated carbocycles. The Balaban J connectivity index is 3.18. The molecule has 0 aliphatic rings. The van der Waals surface area contributed by atoms with Gasteiger partial charge >= 0.3 is 5.51 Å². The molecule has 0 rings (SSSR count). The van der Waals surface area contributed by atoms with Crippen molar-refractivity contribution >= 4 is 17.7 Å². The normalized spacial score (nSPS) is 11.4. The molecule has 0 radical (unpaired) electrons. The standard InChI is InChI=1S/C7H13F3N2OS/c1-11-6(13)2-3-12-4-5-14-7(8,9)10/h12H,2-5H2,1H3,(H,11,13). The van der Waals surface area contributed by atoms with Crippen molar-refractivity contribution in [1.82, 2.24) is 10.6 Å². The van der Waals surface area contributed by atoms with Gasteiger partial charge in [0.15, 0.2) is 0 Å². The topological polar surface area (TPSA) is 41.1 Å². The number of carbonyl (C=O) groups excluding carboxylic acids is 1. The summed E-state index contributed by atoms with van der Waals surface area (Å²) in [6.45, 7) is 0.652. The third kappa shape index (κ3) is 9.66. The Morgan fingerprint density at radius 2 is 2.00 bits per heavy atom. The fourth-order valence-corrected chi connectivity index (χ4v) is 1.17. The Kier molecular flexibility index (Phi) is 6.73. The largest absolute Gasteiger partial charge is 0.441 e. The van der Waals surface area contributed by atoms with Gasteiger partial charge in [-0.25, -0.2) is 0 Å². The minimum Gasteiger partial charge on any atom is -0.359 e. The minimum absolute atomic E-state index is 0.0305. The predicted octanol–water partition coefficient (Wildman–Crippen LogP) is 0.965. The van der Waals surface area contributed by atoms with Gasteiger partial charge in [-0.05, 0) is 11.8 Å². The number of thioether (sulfide) groups is 1. The van der Waals surface area contributed by atoms with Crippen LogP contribution >= 0.6 is 11.8 Å². The number of rotatable bonds is 6. The SMILES string of the molecule is CNC(=O)CCNCCSC(F)(F)F. The number of amides is 1. The van der Waals surface area contributed by atoms with Gasteiger partial charge in [-0.15, -0.1) is 0 Å². The number of nitrogens with one attached hydrogen (secondary N) is 2. The zero-order valence-electron chi connectivity index (χ0n) is 7.78. The molecule has 7 heteroatoms. The van der Waals surface area contributed by atoms with E-state index in [0.29, 0.717) is 6.54 Å². The van der Waals surface area contributed by atoms with Gasteiger partial charge in [-0.2, -0.15) is 13.2 Å². The summed E-state index contributed by atoms with van der Waals surface area (Å²) >= 11 is -0.0649. The van der Waals surface area contributed by atoms with Crippen LogP contribution < -0.4 is 10.6 Å². The third-order valence-corrected chi connectivity index (χ3v) is 2.09. The molecule has 1 amide bonds. The highest BCUT2D eigenvalue weighted by Gasteiger charge is 2.27. The van der Waals surface area contributed by atoms with Crippen molar-refractivity contribution in [3.8, 4) is 0 Å². The van der Waals surface area contributed by atoms with Crippen LogP contribution in [-0.2, 0) is 4.79 Å². The van der Waals surface area contributed by atoms with E-state index < -0.39 is 5.51 Å². The molecular weight excluding hydrogens is 217 g/mol. The molecule has 0 atom stereocenters. The Morgan fingerprint density at radius 1 is 1.36 bits per heavy atom. The zero-order valence-corrected chi connectivity index (χ0v) is 8.60. The van der Waals surface area contributed by atoms with E-state index in [0.717, 1.165) is 0 Å². The van der Waals surface area contributed by atoms with E-state index in [1.807, 2.05) is 0 Å². The molecule has 0 saturated heterocycles. The number of hydrogen-bond donors (Lipinski definition) is 2. The summed E-state index contributed by atoms with van der Waals surface area (Å²) in [7, 11) is 1.52. The van der Waals surface area contributed by atoms with E-state index in [9.17, 15) is 18.0 Å². The van der Waals surface area contributed by atoms with Crippen LogP contribution in [0.3, 0.4) is 0 Å². The van der Waals surface area contributed by atoms with E-state index in [-0.39, 0.29) is 36.4 Å². The van der Waals surface area contributed by atoms with Crippen LogP contribution in [0.4, 0.5) is 13.2 Å². The average Bonchev–Trinajstić information content (AvgIpc) is 2.08. The number of hydrogen-bond acceptors (Lipinski definition) is 3. The molecule has 2 N–H and O–H groups in total. The number of carbonyl (C=O) groups is 1. The van der Waals surface area contributed by atoms with Crippen molar-refractivity contribution in [2.45, 2.75) is 11.9 Å². The van der Waals surface area contributed by atoms with E-state index in [4.69, 9.17) is 0 Å². The first-order valence-corrected chi connectivity index (χ1v) is 5.06. The predicted molar refractivity (Wildman–Crippen MR) is 50.1 cm³/mol. The van der Waals surface area contributed by atoms with Gasteiger partial charge in [0.1, 0.15) is 0 Å². The molecular formula is C7H13F3N2OS. The summed E-state index contributed by atoms with van der Waals surface area (Å²) in [5, 5.41) is 5.16. The van der Waals surface area contributed by atoms with Crippen molar-refractivity contribution in [3.63, 3.8) is 0 Å². The maximum atomic E-state index is 11.6. The molecule has 0 aromatic heterocycles. The first-order chi connectivity index (χ1) is 6.45. The lowest BCUT2D eigenvalue weighted by Crippen LogP contribution is -2.26. The molecule has 0 spiro atoms. The van der Waals surface area contributed by atoms with Crippen molar-refractivity contribution in [3.05, 3.63) is 0 Å². The average molecular weight is 230 g/mol. The fourth-order valence-electron chi connectivity index (χ4n) is 0.691. The van der Waals surface area contributed by atoms with Crippen molar-refractivity contribution in [2.24, 2.45) is 0 Å². The highest BCUT2D eigenvalue weighted by molar-refractivity contribution is 8.00. The minimum atomic E-state index is -4.16. The molecule has 84 valence electrons. The van der Waals surface area contributed by atoms with Crippen LogP contribution in [-0.4, -0.2) is 37.3 Å². The van der Waals surface area contributed by atoms with Gasteiger partial charge in [0.2, 0.25) is 5.91 Å². The van der Waals surface area contributed by atoms with E-state index in [1.54, 1.807) is 0 Å². The van der Waals surface area contributed by atoms with Crippen LogP contribution in [0.5, 0.6) is 0 Å². The van der Waals surface area contributed by atoms with Crippen molar-refractivity contribution < 1.29 is 18.0 Å². The van der Waals surface area contributed by atoms with Crippen LogP contribution in [0.25, 0.3) is 0 Å². The van der Waals surface area contributed by atoms with Crippen LogP contribution in [0.15, 0.2) is 0 Å². The molecule has 0 aromatic rings. The van der Waals surface area contributed by atoms with Crippen LogP contribution in [0.1, 0.15) is 6.42 Å². The maximum Gasteiger partial charge on any atom is 0.441 e. The van der Waals surface area contributed by atoms with E-state index in [1.165, 1.54) is 7.05 Å². The van der Waals surface area contributed by atoms with Gasteiger partial charge in [0.05, 0.1) is 0 Å². The summed E-state index contributed by atoms with van der Waals surface area (Å²) in [5.74, 6) is -0.155. The molecule has 0 bridgehead atoms. The van der Waals surface area contributed by atoms with Gasteiger partial charge in [0.25, 0.3) is 0 Å². The summed E-state index contributed by atoms with van der Waals surface area (Å²) < 4.78 is 34.9. The van der Waals surface area contributed by atoms with Crippen LogP contribution in [0, 0.1) is 0 Å². The molecule has 3 nitrogen and oxygen atoms in total. The molecule has 0 aromatic carbocycles. The van der Waals surface area contributed by atoms with Gasteiger partial charge in [-0.3, -0.25) is 4.79 Å². The molecule has 0 unspecified atom stereocenters. The molecule has 0 aliphatic heterocycles. The van der Waals surface area contributed by atoms with Crippen LogP contribution in [0.2, 0.25) is 0 Å². The third-order valence-electron chi connectivity index (χ3n) is 1.35. The Bertz CT molecular complexity index is 175. The zero-order chi connectivity index (χ0) is 11.0. The second-order valence-corrected chi connectivity index (χ2v) is 3.63. The molecule has 0 aliphatic carbocycles. The lowest BCUT2D eigenvalue weighted by atomic mass is 10.4. The Morgan fingerprint density at radius 3 is 2.50 bits per heavy atom. The van der Waals surface area contributed by atoms with Gasteiger partial charge < -0.3 is 10.6 Å².